The Hall–Kier alpha value is -0.990. The van der Waals surface area contributed by atoms with Gasteiger partial charge in [-0.05, 0) is 6.08 Å². The Morgan fingerprint density at radius 1 is 2.00 bits per heavy atom. The summed E-state index contributed by atoms with van der Waals surface area (Å²) in [7, 11) is 0. The van der Waals surface area contributed by atoms with Gasteiger partial charge in [-0.3, -0.25) is 4.79 Å². The highest BCUT2D eigenvalue weighted by Crippen LogP contribution is 2.13. The van der Waals surface area contributed by atoms with Gasteiger partial charge in [0.2, 0.25) is 0 Å². The van der Waals surface area contributed by atoms with Crippen molar-refractivity contribution in [1.82, 2.24) is 0 Å². The van der Waals surface area contributed by atoms with E-state index in [1.54, 1.807) is 6.08 Å². The predicted octanol–water partition coefficient (Wildman–Crippen LogP) is 0.0219. The fourth-order valence-corrected chi connectivity index (χ4v) is 0.729. The van der Waals surface area contributed by atoms with Gasteiger partial charge in [-0.15, -0.1) is 0 Å². The molecule has 1 heterocycles. The minimum atomic E-state index is -0.473. The van der Waals surface area contributed by atoms with Crippen LogP contribution in [0.4, 0.5) is 0 Å². The first-order valence-corrected chi connectivity index (χ1v) is 2.84. The third-order valence-corrected chi connectivity index (χ3v) is 1.18. The zero-order valence-corrected chi connectivity index (χ0v) is 5.26. The third-order valence-electron chi connectivity index (χ3n) is 1.18. The molecule has 1 aliphatic heterocycles. The van der Waals surface area contributed by atoms with E-state index in [0.717, 1.165) is 0 Å². The lowest BCUT2D eigenvalue weighted by molar-refractivity contribution is -0.117. The van der Waals surface area contributed by atoms with Gasteiger partial charge in [0.05, 0.1) is 6.61 Å². The average Bonchev–Trinajstić information content (AvgIpc) is 2.14. The molecule has 1 amide bonds. The maximum Gasteiger partial charge on any atom is 0.283 e. The molecule has 0 bridgehead atoms. The van der Waals surface area contributed by atoms with E-state index < -0.39 is 5.91 Å². The summed E-state index contributed by atoms with van der Waals surface area (Å²) in [5.74, 6) is 0.161. The highest BCUT2D eigenvalue weighted by Gasteiger charge is 2.15. The van der Waals surface area contributed by atoms with Gasteiger partial charge >= 0.3 is 0 Å². The Bertz CT molecular complexity index is 162. The largest absolute Gasteiger partial charge is 0.488 e. The van der Waals surface area contributed by atoms with E-state index >= 15 is 0 Å². The number of rotatable bonds is 1. The fraction of sp³-hybridized carbons (Fsp3) is 0.500. The number of primary amides is 1. The molecule has 1 atom stereocenters. The number of ether oxygens (including phenoxy) is 1. The molecule has 0 aromatic heterocycles. The summed E-state index contributed by atoms with van der Waals surface area (Å²) in [6, 6.07) is 0. The van der Waals surface area contributed by atoms with Crippen molar-refractivity contribution in [2.24, 2.45) is 11.7 Å². The van der Waals surface area contributed by atoms with Crippen molar-refractivity contribution in [2.75, 3.05) is 6.61 Å². The second kappa shape index (κ2) is 2.09. The normalized spacial score (nSPS) is 25.0. The van der Waals surface area contributed by atoms with Gasteiger partial charge in [0.25, 0.3) is 5.91 Å². The van der Waals surface area contributed by atoms with Gasteiger partial charge < -0.3 is 10.5 Å². The molecule has 0 saturated carbocycles. The summed E-state index contributed by atoms with van der Waals surface area (Å²) < 4.78 is 4.91. The second-order valence-corrected chi connectivity index (χ2v) is 2.18. The summed E-state index contributed by atoms with van der Waals surface area (Å²) in [5, 5.41) is 0. The van der Waals surface area contributed by atoms with Crippen LogP contribution in [0.3, 0.4) is 0 Å². The first-order valence-electron chi connectivity index (χ1n) is 2.84. The van der Waals surface area contributed by atoms with E-state index in [0.29, 0.717) is 18.3 Å². The van der Waals surface area contributed by atoms with Gasteiger partial charge in [-0.25, -0.2) is 0 Å². The van der Waals surface area contributed by atoms with Crippen molar-refractivity contribution in [2.45, 2.75) is 6.92 Å². The molecule has 2 N–H and O–H groups in total. The topological polar surface area (TPSA) is 52.3 Å². The van der Waals surface area contributed by atoms with E-state index in [-0.39, 0.29) is 0 Å². The van der Waals surface area contributed by atoms with E-state index in [1.165, 1.54) is 0 Å². The van der Waals surface area contributed by atoms with Crippen LogP contribution in [-0.2, 0) is 9.53 Å². The standard InChI is InChI=1S/C6H9NO2/c1-4-2-5(6(7)8)9-3-4/h2,4H,3H2,1H3,(H2,7,8). The molecule has 1 aliphatic rings. The lowest BCUT2D eigenvalue weighted by Crippen LogP contribution is -2.13. The van der Waals surface area contributed by atoms with Crippen molar-refractivity contribution >= 4 is 5.91 Å². The third kappa shape index (κ3) is 1.22. The molecule has 0 spiro atoms. The zero-order chi connectivity index (χ0) is 6.85. The number of nitrogens with two attached hydrogens (primary N) is 1. The van der Waals surface area contributed by atoms with Crippen LogP contribution in [0.2, 0.25) is 0 Å². The predicted molar refractivity (Wildman–Crippen MR) is 32.4 cm³/mol. The summed E-state index contributed by atoms with van der Waals surface area (Å²) in [4.78, 5) is 10.4. The summed E-state index contributed by atoms with van der Waals surface area (Å²) in [6.07, 6.45) is 1.74. The molecule has 0 fully saturated rings. The van der Waals surface area contributed by atoms with Gasteiger partial charge in [0, 0.05) is 5.92 Å². The molecule has 0 saturated heterocycles. The quantitative estimate of drug-likeness (QED) is 0.540. The van der Waals surface area contributed by atoms with Crippen molar-refractivity contribution in [1.29, 1.82) is 0 Å². The van der Waals surface area contributed by atoms with Crippen molar-refractivity contribution in [3.63, 3.8) is 0 Å². The Labute approximate surface area is 53.5 Å². The highest BCUT2D eigenvalue weighted by molar-refractivity contribution is 5.90. The minimum Gasteiger partial charge on any atom is -0.488 e. The van der Waals surface area contributed by atoms with Crippen molar-refractivity contribution < 1.29 is 9.53 Å². The molecule has 0 aromatic carbocycles. The van der Waals surface area contributed by atoms with Crippen LogP contribution in [-0.4, -0.2) is 12.5 Å². The lowest BCUT2D eigenvalue weighted by atomic mass is 10.2. The van der Waals surface area contributed by atoms with Crippen molar-refractivity contribution in [3.8, 4) is 0 Å². The highest BCUT2D eigenvalue weighted by atomic mass is 16.5. The molecule has 0 radical (unpaired) electrons. The number of hydrogen-bond donors (Lipinski definition) is 1. The van der Waals surface area contributed by atoms with Crippen LogP contribution in [0.15, 0.2) is 11.8 Å². The van der Waals surface area contributed by atoms with E-state index in [4.69, 9.17) is 10.5 Å². The Kier molecular flexibility index (Phi) is 1.42. The number of amides is 1. The molecular formula is C6H9NO2. The van der Waals surface area contributed by atoms with Crippen LogP contribution in [0.1, 0.15) is 6.92 Å². The number of hydrogen-bond acceptors (Lipinski definition) is 2. The van der Waals surface area contributed by atoms with Crippen LogP contribution in [0.5, 0.6) is 0 Å². The molecule has 3 nitrogen and oxygen atoms in total. The lowest BCUT2D eigenvalue weighted by Gasteiger charge is -1.95. The van der Waals surface area contributed by atoms with Gasteiger partial charge in [-0.1, -0.05) is 6.92 Å². The molecule has 3 heteroatoms. The summed E-state index contributed by atoms with van der Waals surface area (Å²) >= 11 is 0. The SMILES string of the molecule is CC1C=C(C(N)=O)OC1. The van der Waals surface area contributed by atoms with E-state index in [2.05, 4.69) is 0 Å². The van der Waals surface area contributed by atoms with Gasteiger partial charge in [0.15, 0.2) is 5.76 Å². The first kappa shape index (κ1) is 6.13. The zero-order valence-electron chi connectivity index (χ0n) is 5.26. The molecule has 50 valence electrons. The van der Waals surface area contributed by atoms with Crippen LogP contribution in [0, 0.1) is 5.92 Å². The van der Waals surface area contributed by atoms with E-state index in [1.807, 2.05) is 6.92 Å². The second-order valence-electron chi connectivity index (χ2n) is 2.18. The first-order chi connectivity index (χ1) is 4.20. The Morgan fingerprint density at radius 3 is 2.89 bits per heavy atom. The van der Waals surface area contributed by atoms with E-state index in [9.17, 15) is 4.79 Å². The number of carbonyl (C=O) groups excluding carboxylic acids is 1. The molecule has 1 unspecified atom stereocenters. The molecular weight excluding hydrogens is 118 g/mol. The van der Waals surface area contributed by atoms with Gasteiger partial charge in [-0.2, -0.15) is 0 Å². The molecule has 0 aromatic rings. The Balaban J connectivity index is 2.62. The monoisotopic (exact) mass is 127 g/mol. The molecule has 0 aliphatic carbocycles. The van der Waals surface area contributed by atoms with Crippen LogP contribution < -0.4 is 5.73 Å². The maximum absolute atomic E-state index is 10.4. The molecule has 1 rings (SSSR count). The molecule has 9 heavy (non-hydrogen) atoms. The van der Waals surface area contributed by atoms with Crippen LogP contribution >= 0.6 is 0 Å². The maximum atomic E-state index is 10.4. The minimum absolute atomic E-state index is 0.308. The summed E-state index contributed by atoms with van der Waals surface area (Å²) in [6.45, 7) is 2.55. The van der Waals surface area contributed by atoms with Crippen LogP contribution in [0.25, 0.3) is 0 Å². The number of carbonyl (C=O) groups is 1. The van der Waals surface area contributed by atoms with Crippen molar-refractivity contribution in [3.05, 3.63) is 11.8 Å². The Morgan fingerprint density at radius 2 is 2.67 bits per heavy atom. The summed E-state index contributed by atoms with van der Waals surface area (Å²) in [5.41, 5.74) is 4.93. The fourth-order valence-electron chi connectivity index (χ4n) is 0.729. The average molecular weight is 127 g/mol. The van der Waals surface area contributed by atoms with Gasteiger partial charge in [0.1, 0.15) is 0 Å². The smallest absolute Gasteiger partial charge is 0.283 e.